The molecule has 1 aliphatic heterocycles. The number of aromatic nitrogens is 5. The van der Waals surface area contributed by atoms with Crippen LogP contribution in [-0.2, 0) is 27.3 Å². The van der Waals surface area contributed by atoms with Crippen LogP contribution < -0.4 is 10.2 Å². The van der Waals surface area contributed by atoms with Crippen LogP contribution >= 0.6 is 11.3 Å². The predicted octanol–water partition coefficient (Wildman–Crippen LogP) is 0.903. The molecule has 1 aliphatic rings. The number of carboxylic acid groups (broad SMARTS) is 1. The summed E-state index contributed by atoms with van der Waals surface area (Å²) in [7, 11) is 0. The molecule has 0 saturated carbocycles. The van der Waals surface area contributed by atoms with Gasteiger partial charge in [0.05, 0.1) is 24.4 Å². The summed E-state index contributed by atoms with van der Waals surface area (Å²) in [5.74, 6) is -0.637. The van der Waals surface area contributed by atoms with E-state index in [9.17, 15) is 9.59 Å². The summed E-state index contributed by atoms with van der Waals surface area (Å²) < 4.78 is 1.85. The van der Waals surface area contributed by atoms with Gasteiger partial charge in [-0.2, -0.15) is 0 Å². The lowest BCUT2D eigenvalue weighted by molar-refractivity contribution is -0.126. The minimum atomic E-state index is -0.394. The van der Waals surface area contributed by atoms with Crippen molar-refractivity contribution >= 4 is 40.4 Å². The number of nitrogens with one attached hydrogen (secondary N) is 1. The van der Waals surface area contributed by atoms with E-state index in [2.05, 4.69) is 32.4 Å². The molecular weight excluding hydrogens is 410 g/mol. The Morgan fingerprint density at radius 1 is 1.43 bits per heavy atom. The molecule has 0 aliphatic carbocycles. The molecule has 1 atom stereocenters. The van der Waals surface area contributed by atoms with E-state index in [1.807, 2.05) is 10.6 Å². The molecule has 4 heterocycles. The molecule has 1 unspecified atom stereocenters. The van der Waals surface area contributed by atoms with Gasteiger partial charge in [0.25, 0.3) is 6.47 Å². The van der Waals surface area contributed by atoms with Crippen molar-refractivity contribution in [1.82, 2.24) is 29.9 Å². The Morgan fingerprint density at radius 2 is 2.23 bits per heavy atom. The number of carbonyl (C=O) groups excluding carboxylic acids is 2. The lowest BCUT2D eigenvalue weighted by atomic mass is 10.1. The standard InChI is InChI=1S/C17H19N7O2S.CH2O2/c1-2-3-14-21-22-17(27-14)24-9-11(6-15(24)25)16(26)19-7-12-10-23-5-4-18-8-13(23)20-12;2-1-3/h4-5,8,10-11H,2-3,6-7,9H2,1H3,(H,19,26);1H,(H,2,3). The highest BCUT2D eigenvalue weighted by atomic mass is 32.1. The van der Waals surface area contributed by atoms with Crippen LogP contribution in [-0.4, -0.2) is 54.5 Å². The average molecular weight is 431 g/mol. The van der Waals surface area contributed by atoms with Crippen molar-refractivity contribution in [3.8, 4) is 0 Å². The molecule has 3 aromatic rings. The molecule has 0 radical (unpaired) electrons. The van der Waals surface area contributed by atoms with Gasteiger partial charge in [0.2, 0.25) is 16.9 Å². The Hall–Kier alpha value is -3.41. The van der Waals surface area contributed by atoms with Gasteiger partial charge in [-0.25, -0.2) is 4.98 Å². The summed E-state index contributed by atoms with van der Waals surface area (Å²) in [6.45, 7) is 2.47. The zero-order chi connectivity index (χ0) is 21.5. The van der Waals surface area contributed by atoms with Crippen LogP contribution in [0.4, 0.5) is 5.13 Å². The second kappa shape index (κ2) is 9.87. The van der Waals surface area contributed by atoms with Gasteiger partial charge < -0.3 is 14.8 Å². The predicted molar refractivity (Wildman–Crippen MR) is 108 cm³/mol. The van der Waals surface area contributed by atoms with E-state index in [-0.39, 0.29) is 24.7 Å². The first-order chi connectivity index (χ1) is 14.5. The van der Waals surface area contributed by atoms with Crippen LogP contribution in [0.3, 0.4) is 0 Å². The quantitative estimate of drug-likeness (QED) is 0.548. The monoisotopic (exact) mass is 431 g/mol. The molecule has 0 bridgehead atoms. The number of rotatable bonds is 6. The van der Waals surface area contributed by atoms with E-state index >= 15 is 0 Å². The van der Waals surface area contributed by atoms with E-state index in [1.165, 1.54) is 11.3 Å². The molecule has 11 nitrogen and oxygen atoms in total. The van der Waals surface area contributed by atoms with Crippen molar-refractivity contribution in [2.24, 2.45) is 5.92 Å². The van der Waals surface area contributed by atoms with Crippen LogP contribution in [0.25, 0.3) is 5.65 Å². The van der Waals surface area contributed by atoms with E-state index in [1.54, 1.807) is 23.5 Å². The number of hydrogen-bond donors (Lipinski definition) is 2. The lowest BCUT2D eigenvalue weighted by Crippen LogP contribution is -2.32. The van der Waals surface area contributed by atoms with Gasteiger partial charge in [-0.1, -0.05) is 18.3 Å². The largest absolute Gasteiger partial charge is 0.483 e. The molecule has 3 aromatic heterocycles. The first-order valence-corrected chi connectivity index (χ1v) is 10.1. The van der Waals surface area contributed by atoms with Crippen LogP contribution in [0.1, 0.15) is 30.5 Å². The summed E-state index contributed by atoms with van der Waals surface area (Å²) in [6.07, 6.45) is 8.99. The molecule has 30 heavy (non-hydrogen) atoms. The van der Waals surface area contributed by atoms with Crippen LogP contribution in [0.5, 0.6) is 0 Å². The van der Waals surface area contributed by atoms with Crippen molar-refractivity contribution in [3.05, 3.63) is 35.5 Å². The maximum absolute atomic E-state index is 12.5. The van der Waals surface area contributed by atoms with E-state index in [0.29, 0.717) is 18.2 Å². The van der Waals surface area contributed by atoms with Crippen molar-refractivity contribution < 1.29 is 19.5 Å². The van der Waals surface area contributed by atoms with Gasteiger partial charge in [-0.15, -0.1) is 10.2 Å². The first-order valence-electron chi connectivity index (χ1n) is 9.31. The maximum Gasteiger partial charge on any atom is 0.290 e. The Balaban J connectivity index is 0.000000806. The number of imidazole rings is 1. The number of nitrogens with zero attached hydrogens (tertiary/aromatic N) is 6. The molecule has 0 spiro atoms. The molecule has 2 N–H and O–H groups in total. The number of fused-ring (bicyclic) bond motifs is 1. The Morgan fingerprint density at radius 3 is 2.97 bits per heavy atom. The number of anilines is 1. The number of aryl methyl sites for hydroxylation is 1. The Labute approximate surface area is 175 Å². The third kappa shape index (κ3) is 4.95. The second-order valence-corrected chi connectivity index (χ2v) is 7.57. The smallest absolute Gasteiger partial charge is 0.290 e. The maximum atomic E-state index is 12.5. The van der Waals surface area contributed by atoms with Gasteiger partial charge in [0, 0.05) is 38.0 Å². The average Bonchev–Trinajstić information content (AvgIpc) is 3.44. The SMILES string of the molecule is CCCc1nnc(N2CC(C(=O)NCc3cn4ccncc4n3)CC2=O)s1.O=CO. The minimum Gasteiger partial charge on any atom is -0.483 e. The first kappa shape index (κ1) is 21.3. The molecule has 0 aromatic carbocycles. The second-order valence-electron chi connectivity index (χ2n) is 6.53. The summed E-state index contributed by atoms with van der Waals surface area (Å²) in [6, 6.07) is 0. The molecule has 1 fully saturated rings. The molecule has 158 valence electrons. The Kier molecular flexibility index (Phi) is 7.01. The highest BCUT2D eigenvalue weighted by Gasteiger charge is 2.36. The number of hydrogen-bond acceptors (Lipinski definition) is 8. The fourth-order valence-corrected chi connectivity index (χ4v) is 4.01. The minimum absolute atomic E-state index is 0.0897. The Bertz CT molecular complexity index is 1000. The van der Waals surface area contributed by atoms with Gasteiger partial charge in [0.15, 0.2) is 5.65 Å². The summed E-state index contributed by atoms with van der Waals surface area (Å²) in [4.78, 5) is 43.2. The van der Waals surface area contributed by atoms with Gasteiger partial charge in [-0.3, -0.25) is 24.3 Å². The van der Waals surface area contributed by atoms with Gasteiger partial charge >= 0.3 is 0 Å². The normalized spacial score (nSPS) is 15.7. The zero-order valence-electron chi connectivity index (χ0n) is 16.3. The highest BCUT2D eigenvalue weighted by molar-refractivity contribution is 7.15. The van der Waals surface area contributed by atoms with Crippen molar-refractivity contribution in [2.45, 2.75) is 32.7 Å². The molecule has 12 heteroatoms. The molecule has 2 amide bonds. The van der Waals surface area contributed by atoms with Crippen molar-refractivity contribution in [2.75, 3.05) is 11.4 Å². The molecular formula is C18H21N7O4S. The van der Waals surface area contributed by atoms with Crippen LogP contribution in [0.2, 0.25) is 0 Å². The van der Waals surface area contributed by atoms with Crippen molar-refractivity contribution in [3.63, 3.8) is 0 Å². The summed E-state index contributed by atoms with van der Waals surface area (Å²) in [5.41, 5.74) is 1.47. The third-order valence-electron chi connectivity index (χ3n) is 4.40. The number of carbonyl (C=O) groups is 3. The van der Waals surface area contributed by atoms with Crippen molar-refractivity contribution in [1.29, 1.82) is 0 Å². The zero-order valence-corrected chi connectivity index (χ0v) is 17.1. The van der Waals surface area contributed by atoms with Gasteiger partial charge in [0.1, 0.15) is 5.01 Å². The molecule has 1 saturated heterocycles. The summed E-state index contributed by atoms with van der Waals surface area (Å²) >= 11 is 1.42. The van der Waals surface area contributed by atoms with E-state index in [0.717, 1.165) is 29.2 Å². The third-order valence-corrected chi connectivity index (χ3v) is 5.41. The highest BCUT2D eigenvalue weighted by Crippen LogP contribution is 2.28. The molecule has 4 rings (SSSR count). The summed E-state index contributed by atoms with van der Waals surface area (Å²) in [5, 5.41) is 19.5. The van der Waals surface area contributed by atoms with Crippen LogP contribution in [0.15, 0.2) is 24.8 Å². The topological polar surface area (TPSA) is 143 Å². The van der Waals surface area contributed by atoms with Crippen LogP contribution in [0, 0.1) is 5.92 Å². The van der Waals surface area contributed by atoms with Gasteiger partial charge in [-0.05, 0) is 6.42 Å². The van der Waals surface area contributed by atoms with E-state index < -0.39 is 5.92 Å². The number of amides is 2. The lowest BCUT2D eigenvalue weighted by Gasteiger charge is -2.12. The fraction of sp³-hybridized carbons (Fsp3) is 0.389. The fourth-order valence-electron chi connectivity index (χ4n) is 3.04. The van der Waals surface area contributed by atoms with E-state index in [4.69, 9.17) is 9.90 Å².